The summed E-state index contributed by atoms with van der Waals surface area (Å²) in [5.74, 6) is 2.48. The minimum atomic E-state index is -0.688. The predicted molar refractivity (Wildman–Crippen MR) is 137 cm³/mol. The molecule has 11 heteroatoms. The van der Waals surface area contributed by atoms with Crippen LogP contribution in [0.2, 0.25) is 0 Å². The minimum absolute atomic E-state index is 0.0199. The number of methoxy groups -OCH3 is 2. The molecule has 1 aromatic carbocycles. The lowest BCUT2D eigenvalue weighted by Gasteiger charge is -2.35. The molecule has 1 atom stereocenters. The molecule has 1 aliphatic carbocycles. The van der Waals surface area contributed by atoms with Gasteiger partial charge in [0.15, 0.2) is 11.5 Å². The van der Waals surface area contributed by atoms with Crippen LogP contribution in [-0.2, 0) is 28.9 Å². The average Bonchev–Trinajstić information content (AvgIpc) is 3.56. The van der Waals surface area contributed by atoms with Crippen molar-refractivity contribution in [3.8, 4) is 11.5 Å². The van der Waals surface area contributed by atoms with Gasteiger partial charge < -0.3 is 25.0 Å². The summed E-state index contributed by atoms with van der Waals surface area (Å²) in [6.07, 6.45) is 6.55. The number of hydrogen-bond donors (Lipinski definition) is 2. The SMILES string of the molecule is COc1ccc(C[C@H](NC(C)=O)C(=O)NC2CCN(c3c4c(nc5ncnn35)CCC4)CC2)cc1OC. The number of nitrogens with one attached hydrogen (secondary N) is 2. The maximum Gasteiger partial charge on any atom is 0.254 e. The molecule has 2 amide bonds. The zero-order chi connectivity index (χ0) is 25.9. The van der Waals surface area contributed by atoms with E-state index in [1.54, 1.807) is 26.6 Å². The van der Waals surface area contributed by atoms with E-state index in [0.717, 1.165) is 62.3 Å². The third-order valence-electron chi connectivity index (χ3n) is 7.15. The van der Waals surface area contributed by atoms with Crippen LogP contribution >= 0.6 is 0 Å². The van der Waals surface area contributed by atoms with E-state index >= 15 is 0 Å². The molecule has 0 unspecified atom stereocenters. The van der Waals surface area contributed by atoms with E-state index in [4.69, 9.17) is 9.47 Å². The quantitative estimate of drug-likeness (QED) is 0.470. The number of ether oxygens (including phenoxy) is 2. The second-order valence-corrected chi connectivity index (χ2v) is 9.60. The monoisotopic (exact) mass is 507 g/mol. The number of piperidine rings is 1. The Bertz CT molecular complexity index is 1300. The molecule has 0 radical (unpaired) electrons. The van der Waals surface area contributed by atoms with Crippen LogP contribution in [0.5, 0.6) is 11.5 Å². The molecule has 37 heavy (non-hydrogen) atoms. The van der Waals surface area contributed by atoms with Gasteiger partial charge >= 0.3 is 0 Å². The lowest BCUT2D eigenvalue weighted by atomic mass is 10.0. The number of fused-ring (bicyclic) bond motifs is 2. The smallest absolute Gasteiger partial charge is 0.254 e. The number of rotatable bonds is 8. The molecular weight excluding hydrogens is 474 g/mol. The fourth-order valence-corrected chi connectivity index (χ4v) is 5.36. The maximum atomic E-state index is 13.2. The number of amides is 2. The molecule has 1 aliphatic heterocycles. The van der Waals surface area contributed by atoms with Crippen LogP contribution in [0.15, 0.2) is 24.5 Å². The van der Waals surface area contributed by atoms with Crippen LogP contribution in [0.4, 0.5) is 5.82 Å². The highest BCUT2D eigenvalue weighted by atomic mass is 16.5. The normalized spacial score (nSPS) is 16.4. The van der Waals surface area contributed by atoms with E-state index in [2.05, 4.69) is 30.6 Å². The Kier molecular flexibility index (Phi) is 7.11. The summed E-state index contributed by atoms with van der Waals surface area (Å²) >= 11 is 0. The van der Waals surface area contributed by atoms with E-state index in [-0.39, 0.29) is 17.9 Å². The molecule has 2 aliphatic rings. The number of carbonyl (C=O) groups is 2. The zero-order valence-corrected chi connectivity index (χ0v) is 21.5. The molecule has 2 N–H and O–H groups in total. The largest absolute Gasteiger partial charge is 0.493 e. The fraction of sp³-hybridized carbons (Fsp3) is 0.500. The van der Waals surface area contributed by atoms with Crippen LogP contribution < -0.4 is 25.0 Å². The summed E-state index contributed by atoms with van der Waals surface area (Å²) < 4.78 is 12.5. The highest BCUT2D eigenvalue weighted by Crippen LogP contribution is 2.32. The summed E-state index contributed by atoms with van der Waals surface area (Å²) in [6.45, 7) is 3.00. The van der Waals surface area contributed by atoms with E-state index in [9.17, 15) is 9.59 Å². The summed E-state index contributed by atoms with van der Waals surface area (Å²) in [4.78, 5) is 36.5. The van der Waals surface area contributed by atoms with Gasteiger partial charge in [-0.05, 0) is 49.8 Å². The highest BCUT2D eigenvalue weighted by Gasteiger charge is 2.30. The van der Waals surface area contributed by atoms with E-state index in [1.165, 1.54) is 12.5 Å². The molecule has 0 spiro atoms. The number of hydrogen-bond acceptors (Lipinski definition) is 8. The van der Waals surface area contributed by atoms with Crippen molar-refractivity contribution < 1.29 is 19.1 Å². The highest BCUT2D eigenvalue weighted by molar-refractivity contribution is 5.87. The first-order valence-corrected chi connectivity index (χ1v) is 12.7. The molecule has 0 saturated carbocycles. The van der Waals surface area contributed by atoms with E-state index < -0.39 is 6.04 Å². The van der Waals surface area contributed by atoms with Gasteiger partial charge in [0.2, 0.25) is 11.8 Å². The van der Waals surface area contributed by atoms with Gasteiger partial charge in [0.25, 0.3) is 5.78 Å². The van der Waals surface area contributed by atoms with Crippen molar-refractivity contribution >= 4 is 23.4 Å². The fourth-order valence-electron chi connectivity index (χ4n) is 5.36. The van der Waals surface area contributed by atoms with Crippen LogP contribution in [0.3, 0.4) is 0 Å². The van der Waals surface area contributed by atoms with Gasteiger partial charge in [-0.15, -0.1) is 0 Å². The van der Waals surface area contributed by atoms with Gasteiger partial charge in [-0.25, -0.2) is 4.98 Å². The lowest BCUT2D eigenvalue weighted by molar-refractivity contribution is -0.128. The average molecular weight is 508 g/mol. The van der Waals surface area contributed by atoms with Gasteiger partial charge in [-0.1, -0.05) is 6.07 Å². The molecule has 1 fully saturated rings. The summed E-state index contributed by atoms with van der Waals surface area (Å²) in [5, 5.41) is 10.4. The third kappa shape index (κ3) is 5.16. The Morgan fingerprint density at radius 3 is 2.65 bits per heavy atom. The van der Waals surface area contributed by atoms with Crippen molar-refractivity contribution in [2.45, 2.75) is 57.5 Å². The summed E-state index contributed by atoms with van der Waals surface area (Å²) in [6, 6.07) is 4.84. The summed E-state index contributed by atoms with van der Waals surface area (Å²) in [7, 11) is 3.15. The molecule has 1 saturated heterocycles. The van der Waals surface area contributed by atoms with E-state index in [0.29, 0.717) is 23.7 Å². The van der Waals surface area contributed by atoms with E-state index in [1.807, 2.05) is 16.6 Å². The Hall–Kier alpha value is -3.89. The minimum Gasteiger partial charge on any atom is -0.493 e. The second kappa shape index (κ2) is 10.6. The van der Waals surface area contributed by atoms with Crippen LogP contribution in [0.1, 0.15) is 43.0 Å². The molecule has 11 nitrogen and oxygen atoms in total. The lowest BCUT2D eigenvalue weighted by Crippen LogP contribution is -2.52. The zero-order valence-electron chi connectivity index (χ0n) is 21.5. The Morgan fingerprint density at radius 1 is 1.14 bits per heavy atom. The van der Waals surface area contributed by atoms with Crippen LogP contribution in [0, 0.1) is 0 Å². The number of carbonyl (C=O) groups excluding carboxylic acids is 2. The topological polar surface area (TPSA) is 123 Å². The molecule has 2 aromatic heterocycles. The first-order valence-electron chi connectivity index (χ1n) is 12.7. The molecule has 196 valence electrons. The predicted octanol–water partition coefficient (Wildman–Crippen LogP) is 1.46. The first kappa shape index (κ1) is 24.8. The Balaban J connectivity index is 1.25. The standard InChI is InChI=1S/C26H33N7O4/c1-16(34)29-21(13-17-7-8-22(36-2)23(14-17)37-3)24(35)30-18-9-11-32(12-10-18)25-19-5-4-6-20(19)31-26-27-15-28-33(25)26/h7-8,14-15,18,21H,4-6,9-13H2,1-3H3,(H,29,34)(H,30,35)/t21-/m0/s1. The van der Waals surface area contributed by atoms with Crippen molar-refractivity contribution in [3.63, 3.8) is 0 Å². The Labute approximate surface area is 215 Å². The number of nitrogens with zero attached hydrogens (tertiary/aromatic N) is 5. The van der Waals surface area contributed by atoms with Crippen molar-refractivity contribution in [2.75, 3.05) is 32.2 Å². The molecule has 0 bridgehead atoms. The second-order valence-electron chi connectivity index (χ2n) is 9.60. The van der Waals surface area contributed by atoms with Crippen molar-refractivity contribution in [1.82, 2.24) is 30.2 Å². The van der Waals surface area contributed by atoms with Gasteiger partial charge in [0, 0.05) is 38.0 Å². The molecule has 3 heterocycles. The number of aromatic nitrogens is 4. The molecular formula is C26H33N7O4. The van der Waals surface area contributed by atoms with Gasteiger partial charge in [-0.3, -0.25) is 9.59 Å². The van der Waals surface area contributed by atoms with Crippen molar-refractivity contribution in [3.05, 3.63) is 41.3 Å². The summed E-state index contributed by atoms with van der Waals surface area (Å²) in [5.41, 5.74) is 3.25. The molecule has 3 aromatic rings. The van der Waals surface area contributed by atoms with Crippen molar-refractivity contribution in [2.24, 2.45) is 0 Å². The first-order chi connectivity index (χ1) is 18.0. The van der Waals surface area contributed by atoms with Crippen molar-refractivity contribution in [1.29, 1.82) is 0 Å². The number of benzene rings is 1. The maximum absolute atomic E-state index is 13.2. The van der Waals surface area contributed by atoms with Gasteiger partial charge in [-0.2, -0.15) is 14.6 Å². The Morgan fingerprint density at radius 2 is 1.92 bits per heavy atom. The van der Waals surface area contributed by atoms with Crippen LogP contribution in [-0.4, -0.2) is 70.8 Å². The van der Waals surface area contributed by atoms with Gasteiger partial charge in [0.05, 0.1) is 19.9 Å². The third-order valence-corrected chi connectivity index (χ3v) is 7.15. The van der Waals surface area contributed by atoms with Gasteiger partial charge in [0.1, 0.15) is 18.2 Å². The number of anilines is 1. The van der Waals surface area contributed by atoms with Crippen LogP contribution in [0.25, 0.3) is 5.78 Å². The molecule has 5 rings (SSSR count). The number of aryl methyl sites for hydroxylation is 1.